The van der Waals surface area contributed by atoms with E-state index in [1.165, 1.54) is 12.8 Å². The van der Waals surface area contributed by atoms with Crippen LogP contribution in [0.1, 0.15) is 43.7 Å². The number of rotatable bonds is 3. The van der Waals surface area contributed by atoms with Crippen LogP contribution in [0.2, 0.25) is 0 Å². The molecular formula is C22H24N4OS. The molecular weight excluding hydrogens is 368 g/mol. The summed E-state index contributed by atoms with van der Waals surface area (Å²) in [6.07, 6.45) is 4.61. The highest BCUT2D eigenvalue weighted by Crippen LogP contribution is 2.32. The third-order valence-corrected chi connectivity index (χ3v) is 6.51. The molecule has 1 aliphatic rings. The molecule has 6 heteroatoms. The molecule has 0 spiro atoms. The Balaban J connectivity index is 1.74. The summed E-state index contributed by atoms with van der Waals surface area (Å²) >= 11 is 1.56. The normalized spacial score (nSPS) is 16.1. The molecule has 1 aromatic carbocycles. The number of carbonyl (C=O) groups excluding carboxylic acids is 1. The zero-order chi connectivity index (χ0) is 19.7. The van der Waals surface area contributed by atoms with Crippen molar-refractivity contribution in [2.24, 2.45) is 0 Å². The van der Waals surface area contributed by atoms with Crippen LogP contribution in [0, 0.1) is 18.3 Å². The topological polar surface area (TPSA) is 61.4 Å². The van der Waals surface area contributed by atoms with Gasteiger partial charge in [-0.25, -0.2) is 4.98 Å². The molecule has 0 saturated carbocycles. The van der Waals surface area contributed by atoms with E-state index in [2.05, 4.69) is 6.07 Å². The molecule has 2 aromatic heterocycles. The predicted octanol–water partition coefficient (Wildman–Crippen LogP) is 4.55. The van der Waals surface area contributed by atoms with Gasteiger partial charge < -0.3 is 4.90 Å². The first-order valence-electron chi connectivity index (χ1n) is 9.86. The van der Waals surface area contributed by atoms with Crippen molar-refractivity contribution in [3.8, 4) is 6.07 Å². The van der Waals surface area contributed by atoms with E-state index in [0.29, 0.717) is 11.2 Å². The second-order valence-corrected chi connectivity index (χ2v) is 8.77. The van der Waals surface area contributed by atoms with Crippen molar-refractivity contribution in [1.82, 2.24) is 14.3 Å². The summed E-state index contributed by atoms with van der Waals surface area (Å²) in [5.74, 6) is 0.200. The van der Waals surface area contributed by atoms with E-state index < -0.39 is 0 Å². The van der Waals surface area contributed by atoms with Crippen molar-refractivity contribution in [1.29, 1.82) is 5.26 Å². The van der Waals surface area contributed by atoms with Gasteiger partial charge >= 0.3 is 0 Å². The average Bonchev–Trinajstić information content (AvgIpc) is 2.87. The summed E-state index contributed by atoms with van der Waals surface area (Å²) in [5.41, 5.74) is 3.97. The van der Waals surface area contributed by atoms with Gasteiger partial charge in [-0.1, -0.05) is 36.7 Å². The van der Waals surface area contributed by atoms with Crippen molar-refractivity contribution in [2.45, 2.75) is 49.8 Å². The van der Waals surface area contributed by atoms with Crippen molar-refractivity contribution >= 4 is 34.3 Å². The van der Waals surface area contributed by atoms with Crippen molar-refractivity contribution < 1.29 is 4.79 Å². The van der Waals surface area contributed by atoms with Gasteiger partial charge in [-0.2, -0.15) is 5.26 Å². The summed E-state index contributed by atoms with van der Waals surface area (Å²) in [6, 6.07) is 12.2. The van der Waals surface area contributed by atoms with Gasteiger partial charge in [0, 0.05) is 13.1 Å². The number of carbonyl (C=O) groups is 1. The molecule has 0 aliphatic carbocycles. The molecule has 5 nitrogen and oxygen atoms in total. The minimum absolute atomic E-state index is 0.185. The Kier molecular flexibility index (Phi) is 5.27. The fraction of sp³-hybridized carbons (Fsp3) is 0.409. The van der Waals surface area contributed by atoms with E-state index in [1.54, 1.807) is 11.8 Å². The maximum Gasteiger partial charge on any atom is 0.235 e. The molecule has 0 radical (unpaired) electrons. The van der Waals surface area contributed by atoms with Gasteiger partial charge in [0.25, 0.3) is 0 Å². The third-order valence-electron chi connectivity index (χ3n) is 5.41. The molecule has 1 fully saturated rings. The minimum Gasteiger partial charge on any atom is -0.342 e. The number of likely N-dealkylation sites (tertiary alicyclic amines) is 1. The highest BCUT2D eigenvalue weighted by molar-refractivity contribution is 8.00. The number of fused-ring (bicyclic) bond motifs is 3. The Hall–Kier alpha value is -2.52. The van der Waals surface area contributed by atoms with Crippen LogP contribution in [0.5, 0.6) is 0 Å². The van der Waals surface area contributed by atoms with E-state index in [0.717, 1.165) is 47.6 Å². The number of aryl methyl sites for hydroxylation is 1. The van der Waals surface area contributed by atoms with Gasteiger partial charge in [0.1, 0.15) is 6.07 Å². The quantitative estimate of drug-likeness (QED) is 0.614. The lowest BCUT2D eigenvalue weighted by atomic mass is 10.2. The van der Waals surface area contributed by atoms with Crippen molar-refractivity contribution in [3.63, 3.8) is 0 Å². The first-order chi connectivity index (χ1) is 13.6. The molecule has 1 aliphatic heterocycles. The van der Waals surface area contributed by atoms with Crippen LogP contribution < -0.4 is 0 Å². The molecule has 4 rings (SSSR count). The Morgan fingerprint density at radius 1 is 1.21 bits per heavy atom. The van der Waals surface area contributed by atoms with Gasteiger partial charge in [-0.15, -0.1) is 0 Å². The number of hydrogen-bond acceptors (Lipinski definition) is 4. The Bertz CT molecular complexity index is 1070. The molecule has 1 atom stereocenters. The molecule has 3 heterocycles. The number of imidazole rings is 1. The highest BCUT2D eigenvalue weighted by atomic mass is 32.2. The summed E-state index contributed by atoms with van der Waals surface area (Å²) in [7, 11) is 0. The number of benzene rings is 1. The van der Waals surface area contributed by atoms with Crippen LogP contribution in [0.25, 0.3) is 16.7 Å². The van der Waals surface area contributed by atoms with Crippen LogP contribution in [0.3, 0.4) is 0 Å². The highest BCUT2D eigenvalue weighted by Gasteiger charge is 2.24. The fourth-order valence-corrected chi connectivity index (χ4v) is 5.07. The lowest BCUT2D eigenvalue weighted by Gasteiger charge is -2.24. The molecule has 0 N–H and O–H groups in total. The lowest BCUT2D eigenvalue weighted by Crippen LogP contribution is -2.37. The Labute approximate surface area is 169 Å². The number of thioether (sulfide) groups is 1. The zero-order valence-corrected chi connectivity index (χ0v) is 17.1. The first kappa shape index (κ1) is 18.8. The smallest absolute Gasteiger partial charge is 0.235 e. The SMILES string of the molecule is Cc1cc(SC(C)C(=O)N2CCCCCC2)n2c(nc3ccccc32)c1C#N. The number of amides is 1. The summed E-state index contributed by atoms with van der Waals surface area (Å²) < 4.78 is 2.03. The summed E-state index contributed by atoms with van der Waals surface area (Å²) in [5, 5.41) is 10.4. The third kappa shape index (κ3) is 3.35. The zero-order valence-electron chi connectivity index (χ0n) is 16.3. The van der Waals surface area contributed by atoms with Crippen LogP contribution in [-0.4, -0.2) is 38.5 Å². The minimum atomic E-state index is -0.185. The number of hydrogen-bond donors (Lipinski definition) is 0. The van der Waals surface area contributed by atoms with Crippen molar-refractivity contribution in [3.05, 3.63) is 41.5 Å². The van der Waals surface area contributed by atoms with E-state index in [-0.39, 0.29) is 11.2 Å². The number of nitriles is 1. The van der Waals surface area contributed by atoms with E-state index in [4.69, 9.17) is 4.98 Å². The lowest BCUT2D eigenvalue weighted by molar-refractivity contribution is -0.130. The van der Waals surface area contributed by atoms with Gasteiger partial charge in [0.2, 0.25) is 5.91 Å². The first-order valence-corrected chi connectivity index (χ1v) is 10.7. The van der Waals surface area contributed by atoms with E-state index in [9.17, 15) is 10.1 Å². The van der Waals surface area contributed by atoms with E-state index in [1.807, 2.05) is 53.5 Å². The molecule has 3 aromatic rings. The molecule has 144 valence electrons. The molecule has 28 heavy (non-hydrogen) atoms. The average molecular weight is 393 g/mol. The second-order valence-electron chi connectivity index (χ2n) is 7.41. The van der Waals surface area contributed by atoms with Gasteiger partial charge in [-0.05, 0) is 50.5 Å². The van der Waals surface area contributed by atoms with E-state index >= 15 is 0 Å². The Morgan fingerprint density at radius 2 is 1.93 bits per heavy atom. The second kappa shape index (κ2) is 7.84. The molecule has 1 saturated heterocycles. The van der Waals surface area contributed by atoms with Gasteiger partial charge in [0.15, 0.2) is 5.65 Å². The maximum atomic E-state index is 13.0. The molecule has 0 bridgehead atoms. The number of aromatic nitrogens is 2. The molecule has 1 amide bonds. The number of pyridine rings is 1. The van der Waals surface area contributed by atoms with Crippen LogP contribution >= 0.6 is 11.8 Å². The number of para-hydroxylation sites is 2. The van der Waals surface area contributed by atoms with Crippen LogP contribution in [0.15, 0.2) is 35.4 Å². The predicted molar refractivity (Wildman–Crippen MR) is 113 cm³/mol. The summed E-state index contributed by atoms with van der Waals surface area (Å²) in [6.45, 7) is 5.64. The standard InChI is InChI=1S/C22H24N4OS/c1-15-13-20(28-16(2)22(27)25-11-7-3-4-8-12-25)26-19-10-6-5-9-18(19)24-21(26)17(15)14-23/h5-6,9-10,13,16H,3-4,7-8,11-12H2,1-2H3. The number of nitrogens with zero attached hydrogens (tertiary/aromatic N) is 4. The van der Waals surface area contributed by atoms with Crippen LogP contribution in [0.4, 0.5) is 0 Å². The van der Waals surface area contributed by atoms with Gasteiger partial charge in [-0.3, -0.25) is 9.20 Å². The molecule has 1 unspecified atom stereocenters. The van der Waals surface area contributed by atoms with Crippen molar-refractivity contribution in [2.75, 3.05) is 13.1 Å². The summed E-state index contributed by atoms with van der Waals surface area (Å²) in [4.78, 5) is 19.7. The monoisotopic (exact) mass is 392 g/mol. The van der Waals surface area contributed by atoms with Gasteiger partial charge in [0.05, 0.1) is 26.9 Å². The Morgan fingerprint density at radius 3 is 2.64 bits per heavy atom. The van der Waals surface area contributed by atoms with Crippen LogP contribution in [-0.2, 0) is 4.79 Å². The maximum absolute atomic E-state index is 13.0. The largest absolute Gasteiger partial charge is 0.342 e. The fourth-order valence-electron chi connectivity index (χ4n) is 3.92.